The Labute approximate surface area is 142 Å². The fourth-order valence-electron chi connectivity index (χ4n) is 3.22. The van der Waals surface area contributed by atoms with Crippen molar-refractivity contribution < 1.29 is 13.6 Å². The maximum absolute atomic E-state index is 12.3. The Morgan fingerprint density at radius 2 is 2.38 bits per heavy atom. The highest BCUT2D eigenvalue weighted by Crippen LogP contribution is 2.18. The zero-order valence-electron chi connectivity index (χ0n) is 14.4. The Hall–Kier alpha value is -2.08. The van der Waals surface area contributed by atoms with E-state index >= 15 is 0 Å². The van der Waals surface area contributed by atoms with Gasteiger partial charge in [0.05, 0.1) is 18.5 Å². The molecule has 0 unspecified atom stereocenters. The van der Waals surface area contributed by atoms with Gasteiger partial charge in [-0.05, 0) is 44.4 Å². The van der Waals surface area contributed by atoms with Gasteiger partial charge in [-0.15, -0.1) is 0 Å². The van der Waals surface area contributed by atoms with Crippen molar-refractivity contribution in [3.8, 4) is 0 Å². The molecule has 0 spiro atoms. The lowest BCUT2D eigenvalue weighted by Crippen LogP contribution is -2.40. The molecule has 1 N–H and O–H groups in total. The zero-order chi connectivity index (χ0) is 16.9. The number of hydrogen-bond donors (Lipinski definition) is 1. The van der Waals surface area contributed by atoms with Crippen LogP contribution in [0.1, 0.15) is 47.7 Å². The Morgan fingerprint density at radius 1 is 1.50 bits per heavy atom. The number of amides is 1. The molecule has 1 amide bonds. The van der Waals surface area contributed by atoms with Crippen molar-refractivity contribution in [1.29, 1.82) is 0 Å². The number of carbonyl (C=O) groups excluding carboxylic acids is 1. The maximum Gasteiger partial charge on any atom is 0.289 e. The molecule has 1 atom stereocenters. The summed E-state index contributed by atoms with van der Waals surface area (Å²) < 4.78 is 10.9. The molecule has 0 bridgehead atoms. The van der Waals surface area contributed by atoms with Crippen molar-refractivity contribution in [2.75, 3.05) is 19.6 Å². The summed E-state index contributed by atoms with van der Waals surface area (Å²) >= 11 is 0. The fourth-order valence-corrected chi connectivity index (χ4v) is 3.22. The summed E-state index contributed by atoms with van der Waals surface area (Å²) in [5.74, 6) is 2.23. The fraction of sp³-hybridized carbons (Fsp3) is 0.556. The average molecular weight is 331 g/mol. The molecule has 0 aromatic carbocycles. The molecule has 6 heteroatoms. The standard InChI is InChI=1S/C18H25N3O3/c1-3-16-20-13(2)17(24-16)18(22)19-10-14-6-4-8-21(11-14)12-15-7-5-9-23-15/h5,7,9,14H,3-4,6,8,10-12H2,1-2H3,(H,19,22)/t14-/m1/s1. The number of hydrogen-bond acceptors (Lipinski definition) is 5. The van der Waals surface area contributed by atoms with Gasteiger partial charge < -0.3 is 14.2 Å². The van der Waals surface area contributed by atoms with Crippen molar-refractivity contribution >= 4 is 5.91 Å². The van der Waals surface area contributed by atoms with E-state index in [1.165, 1.54) is 0 Å². The van der Waals surface area contributed by atoms with E-state index in [1.54, 1.807) is 6.26 Å². The van der Waals surface area contributed by atoms with Crippen molar-refractivity contribution in [2.24, 2.45) is 5.92 Å². The molecule has 1 saturated heterocycles. The SMILES string of the molecule is CCc1nc(C)c(C(=O)NC[C@H]2CCCN(Cc3ccco3)C2)o1. The summed E-state index contributed by atoms with van der Waals surface area (Å²) in [5.41, 5.74) is 0.660. The van der Waals surface area contributed by atoms with Crippen LogP contribution in [0.2, 0.25) is 0 Å². The van der Waals surface area contributed by atoms with Crippen LogP contribution in [0, 0.1) is 12.8 Å². The van der Waals surface area contributed by atoms with Crippen LogP contribution < -0.4 is 5.32 Å². The summed E-state index contributed by atoms with van der Waals surface area (Å²) in [6.45, 7) is 7.31. The molecule has 130 valence electrons. The predicted molar refractivity (Wildman–Crippen MR) is 89.7 cm³/mol. The number of carbonyl (C=O) groups is 1. The number of nitrogens with zero attached hydrogens (tertiary/aromatic N) is 2. The molecule has 3 heterocycles. The first-order valence-corrected chi connectivity index (χ1v) is 8.65. The van der Waals surface area contributed by atoms with Gasteiger partial charge in [-0.25, -0.2) is 4.98 Å². The summed E-state index contributed by atoms with van der Waals surface area (Å²) in [4.78, 5) is 18.9. The van der Waals surface area contributed by atoms with E-state index in [9.17, 15) is 4.79 Å². The van der Waals surface area contributed by atoms with E-state index in [0.717, 1.165) is 38.2 Å². The third-order valence-electron chi connectivity index (χ3n) is 4.46. The Kier molecular flexibility index (Phi) is 5.35. The molecule has 0 radical (unpaired) electrons. The maximum atomic E-state index is 12.3. The van der Waals surface area contributed by atoms with Gasteiger partial charge in [0, 0.05) is 19.5 Å². The minimum Gasteiger partial charge on any atom is -0.468 e. The molecule has 2 aromatic rings. The number of nitrogens with one attached hydrogen (secondary N) is 1. The molecule has 6 nitrogen and oxygen atoms in total. The van der Waals surface area contributed by atoms with Gasteiger partial charge in [0.15, 0.2) is 5.89 Å². The smallest absolute Gasteiger partial charge is 0.289 e. The van der Waals surface area contributed by atoms with Gasteiger partial charge in [0.25, 0.3) is 5.91 Å². The Morgan fingerprint density at radius 3 is 3.08 bits per heavy atom. The summed E-state index contributed by atoms with van der Waals surface area (Å²) in [6, 6.07) is 3.92. The van der Waals surface area contributed by atoms with E-state index in [4.69, 9.17) is 8.83 Å². The average Bonchev–Trinajstić information content (AvgIpc) is 3.22. The normalized spacial score (nSPS) is 18.7. The van der Waals surface area contributed by atoms with Crippen LogP contribution in [0.5, 0.6) is 0 Å². The third-order valence-corrected chi connectivity index (χ3v) is 4.46. The van der Waals surface area contributed by atoms with Crippen LogP contribution in [0.25, 0.3) is 0 Å². The van der Waals surface area contributed by atoms with Gasteiger partial charge in [-0.2, -0.15) is 0 Å². The first-order valence-electron chi connectivity index (χ1n) is 8.65. The second kappa shape index (κ2) is 7.66. The minimum atomic E-state index is -0.164. The molecule has 2 aromatic heterocycles. The largest absolute Gasteiger partial charge is 0.468 e. The molecule has 1 fully saturated rings. The highest BCUT2D eigenvalue weighted by Gasteiger charge is 2.23. The van der Waals surface area contributed by atoms with Crippen LogP contribution in [0.4, 0.5) is 0 Å². The second-order valence-electron chi connectivity index (χ2n) is 6.41. The van der Waals surface area contributed by atoms with Gasteiger partial charge in [0.1, 0.15) is 5.76 Å². The number of furan rings is 1. The van der Waals surface area contributed by atoms with Crippen LogP contribution in [-0.2, 0) is 13.0 Å². The summed E-state index contributed by atoms with van der Waals surface area (Å²) in [7, 11) is 0. The highest BCUT2D eigenvalue weighted by molar-refractivity contribution is 5.92. The van der Waals surface area contributed by atoms with Gasteiger partial charge in [-0.1, -0.05) is 6.92 Å². The van der Waals surface area contributed by atoms with Crippen molar-refractivity contribution in [3.05, 3.63) is 41.5 Å². The molecular formula is C18H25N3O3. The minimum absolute atomic E-state index is 0.164. The van der Waals surface area contributed by atoms with Gasteiger partial charge in [-0.3, -0.25) is 9.69 Å². The second-order valence-corrected chi connectivity index (χ2v) is 6.41. The third kappa shape index (κ3) is 4.06. The zero-order valence-corrected chi connectivity index (χ0v) is 14.4. The number of likely N-dealkylation sites (tertiary alicyclic amines) is 1. The molecule has 1 aliphatic rings. The number of piperidine rings is 1. The predicted octanol–water partition coefficient (Wildman–Crippen LogP) is 2.78. The van der Waals surface area contributed by atoms with Crippen molar-refractivity contribution in [3.63, 3.8) is 0 Å². The van der Waals surface area contributed by atoms with Crippen LogP contribution >= 0.6 is 0 Å². The highest BCUT2D eigenvalue weighted by atomic mass is 16.4. The van der Waals surface area contributed by atoms with Crippen molar-refractivity contribution in [1.82, 2.24) is 15.2 Å². The molecule has 24 heavy (non-hydrogen) atoms. The number of aromatic nitrogens is 1. The number of aryl methyl sites for hydroxylation is 2. The van der Waals surface area contributed by atoms with E-state index in [-0.39, 0.29) is 5.91 Å². The Bertz CT molecular complexity index is 663. The van der Waals surface area contributed by atoms with E-state index in [2.05, 4.69) is 15.2 Å². The Balaban J connectivity index is 1.50. The van der Waals surface area contributed by atoms with Gasteiger partial charge >= 0.3 is 0 Å². The number of oxazole rings is 1. The van der Waals surface area contributed by atoms with Crippen molar-refractivity contribution in [2.45, 2.75) is 39.7 Å². The molecule has 3 rings (SSSR count). The lowest BCUT2D eigenvalue weighted by molar-refractivity contribution is 0.0898. The van der Waals surface area contributed by atoms with E-state index in [0.29, 0.717) is 36.2 Å². The van der Waals surface area contributed by atoms with Crippen LogP contribution in [-0.4, -0.2) is 35.4 Å². The topological polar surface area (TPSA) is 71.5 Å². The first kappa shape index (κ1) is 16.8. The first-order chi connectivity index (χ1) is 11.7. The molecule has 1 aliphatic heterocycles. The summed E-state index contributed by atoms with van der Waals surface area (Å²) in [5, 5.41) is 3.00. The monoisotopic (exact) mass is 331 g/mol. The number of rotatable bonds is 6. The van der Waals surface area contributed by atoms with Crippen LogP contribution in [0.15, 0.2) is 27.2 Å². The molecule has 0 saturated carbocycles. The van der Waals surface area contributed by atoms with Crippen LogP contribution in [0.3, 0.4) is 0 Å². The molecule has 0 aliphatic carbocycles. The molecular weight excluding hydrogens is 306 g/mol. The quantitative estimate of drug-likeness (QED) is 0.881. The lowest BCUT2D eigenvalue weighted by atomic mass is 9.98. The van der Waals surface area contributed by atoms with E-state index < -0.39 is 0 Å². The van der Waals surface area contributed by atoms with E-state index in [1.807, 2.05) is 26.0 Å². The van der Waals surface area contributed by atoms with Gasteiger partial charge in [0.2, 0.25) is 5.76 Å². The lowest BCUT2D eigenvalue weighted by Gasteiger charge is -2.32. The summed E-state index contributed by atoms with van der Waals surface area (Å²) in [6.07, 6.45) is 4.67.